The van der Waals surface area contributed by atoms with Gasteiger partial charge in [0.25, 0.3) is 0 Å². The molecule has 0 saturated heterocycles. The molecule has 0 radical (unpaired) electrons. The number of benzene rings is 2. The number of ether oxygens (including phenoxy) is 1. The summed E-state index contributed by atoms with van der Waals surface area (Å²) in [4.78, 5) is 15.8. The van der Waals surface area contributed by atoms with Gasteiger partial charge in [-0.25, -0.2) is 4.98 Å². The minimum absolute atomic E-state index is 0.214. The van der Waals surface area contributed by atoms with E-state index < -0.39 is 0 Å². The Balaban J connectivity index is 1.65. The molecule has 0 aliphatic heterocycles. The number of anilines is 1. The summed E-state index contributed by atoms with van der Waals surface area (Å²) >= 11 is 1.38. The smallest absolute Gasteiger partial charge is 0.250 e. The maximum Gasteiger partial charge on any atom is 0.250 e. The summed E-state index contributed by atoms with van der Waals surface area (Å²) < 4.78 is 5.77. The number of amides is 1. The normalized spacial score (nSPS) is 10.6. The fourth-order valence-electron chi connectivity index (χ4n) is 1.91. The molecule has 0 spiro atoms. The zero-order chi connectivity index (χ0) is 15.9. The van der Waals surface area contributed by atoms with Crippen molar-refractivity contribution in [2.45, 2.75) is 0 Å². The average Bonchev–Trinajstić information content (AvgIpc) is 3.07. The predicted octanol–water partition coefficient (Wildman–Crippen LogP) is 4.59. The summed E-state index contributed by atoms with van der Waals surface area (Å²) in [6.07, 6.45) is 4.86. The topological polar surface area (TPSA) is 51.2 Å². The predicted molar refractivity (Wildman–Crippen MR) is 92.7 cm³/mol. The van der Waals surface area contributed by atoms with Crippen molar-refractivity contribution in [1.82, 2.24) is 4.98 Å². The van der Waals surface area contributed by atoms with Crippen molar-refractivity contribution in [1.29, 1.82) is 0 Å². The highest BCUT2D eigenvalue weighted by atomic mass is 32.1. The van der Waals surface area contributed by atoms with Gasteiger partial charge < -0.3 is 4.74 Å². The van der Waals surface area contributed by atoms with Gasteiger partial charge in [0.05, 0.1) is 0 Å². The van der Waals surface area contributed by atoms with E-state index in [4.69, 9.17) is 4.74 Å². The summed E-state index contributed by atoms with van der Waals surface area (Å²) in [6.45, 7) is 0. The standard InChI is InChI=1S/C18H14N2O2S/c21-17(20-18-19-11-12-23-18)10-9-14-5-4-8-16(13-14)22-15-6-2-1-3-7-15/h1-13H,(H,19,20,21)/b10-9+. The highest BCUT2D eigenvalue weighted by Gasteiger charge is 2.00. The maximum absolute atomic E-state index is 11.8. The van der Waals surface area contributed by atoms with Crippen molar-refractivity contribution in [2.24, 2.45) is 0 Å². The van der Waals surface area contributed by atoms with Crippen LogP contribution in [0.25, 0.3) is 6.08 Å². The molecule has 1 amide bonds. The van der Waals surface area contributed by atoms with Crippen LogP contribution in [0.15, 0.2) is 72.3 Å². The van der Waals surface area contributed by atoms with Crippen molar-refractivity contribution >= 4 is 28.5 Å². The van der Waals surface area contributed by atoms with Crippen molar-refractivity contribution in [3.63, 3.8) is 0 Å². The maximum atomic E-state index is 11.8. The third kappa shape index (κ3) is 4.52. The fraction of sp³-hybridized carbons (Fsp3) is 0. The van der Waals surface area contributed by atoms with Gasteiger partial charge in [-0.05, 0) is 35.9 Å². The monoisotopic (exact) mass is 322 g/mol. The number of thiazole rings is 1. The molecule has 0 aliphatic carbocycles. The third-order valence-corrected chi connectivity index (χ3v) is 3.62. The van der Waals surface area contributed by atoms with Gasteiger partial charge in [-0.1, -0.05) is 30.3 Å². The van der Waals surface area contributed by atoms with E-state index in [1.807, 2.05) is 60.0 Å². The molecule has 4 nitrogen and oxygen atoms in total. The Morgan fingerprint density at radius 2 is 1.91 bits per heavy atom. The Morgan fingerprint density at radius 3 is 2.70 bits per heavy atom. The highest BCUT2D eigenvalue weighted by molar-refractivity contribution is 7.13. The molecule has 0 bridgehead atoms. The number of aromatic nitrogens is 1. The summed E-state index contributed by atoms with van der Waals surface area (Å²) in [5.41, 5.74) is 0.882. The first-order valence-corrected chi connectivity index (χ1v) is 7.89. The number of para-hydroxylation sites is 1. The van der Waals surface area contributed by atoms with Crippen LogP contribution in [-0.2, 0) is 4.79 Å². The lowest BCUT2D eigenvalue weighted by atomic mass is 10.2. The third-order valence-electron chi connectivity index (χ3n) is 2.93. The van der Waals surface area contributed by atoms with Gasteiger partial charge in [-0.2, -0.15) is 0 Å². The van der Waals surface area contributed by atoms with Crippen LogP contribution in [0.5, 0.6) is 11.5 Å². The molecule has 1 heterocycles. The molecule has 5 heteroatoms. The van der Waals surface area contributed by atoms with Crippen LogP contribution in [-0.4, -0.2) is 10.9 Å². The molecular formula is C18H14N2O2S. The van der Waals surface area contributed by atoms with Gasteiger partial charge in [-0.3, -0.25) is 10.1 Å². The average molecular weight is 322 g/mol. The summed E-state index contributed by atoms with van der Waals surface area (Å²) in [6, 6.07) is 17.1. The first-order chi connectivity index (χ1) is 11.3. The Bertz CT molecular complexity index is 799. The molecule has 1 aromatic heterocycles. The fourth-order valence-corrected chi connectivity index (χ4v) is 2.44. The first kappa shape index (κ1) is 15.0. The Kier molecular flexibility index (Phi) is 4.81. The van der Waals surface area contributed by atoms with Gasteiger partial charge in [-0.15, -0.1) is 11.3 Å². The summed E-state index contributed by atoms with van der Waals surface area (Å²) in [5.74, 6) is 1.28. The molecule has 114 valence electrons. The first-order valence-electron chi connectivity index (χ1n) is 7.01. The molecule has 0 fully saturated rings. The van der Waals surface area contributed by atoms with E-state index in [1.54, 1.807) is 12.3 Å². The molecular weight excluding hydrogens is 308 g/mol. The largest absolute Gasteiger partial charge is 0.457 e. The van der Waals surface area contributed by atoms with Crippen molar-refractivity contribution in [3.8, 4) is 11.5 Å². The number of hydrogen-bond acceptors (Lipinski definition) is 4. The number of hydrogen-bond donors (Lipinski definition) is 1. The molecule has 0 saturated carbocycles. The minimum Gasteiger partial charge on any atom is -0.457 e. The molecule has 0 unspecified atom stereocenters. The van der Waals surface area contributed by atoms with Crippen LogP contribution < -0.4 is 10.1 Å². The second-order valence-electron chi connectivity index (χ2n) is 4.65. The second kappa shape index (κ2) is 7.38. The lowest BCUT2D eigenvalue weighted by Gasteiger charge is -2.05. The van der Waals surface area contributed by atoms with E-state index >= 15 is 0 Å². The Hall–Kier alpha value is -2.92. The molecule has 1 N–H and O–H groups in total. The number of nitrogens with zero attached hydrogens (tertiary/aromatic N) is 1. The summed E-state index contributed by atoms with van der Waals surface area (Å²) in [5, 5.41) is 5.09. The number of rotatable bonds is 5. The van der Waals surface area contributed by atoms with Crippen LogP contribution in [0, 0.1) is 0 Å². The highest BCUT2D eigenvalue weighted by Crippen LogP contribution is 2.22. The molecule has 3 aromatic rings. The van der Waals surface area contributed by atoms with E-state index in [9.17, 15) is 4.79 Å². The SMILES string of the molecule is O=C(/C=C/c1cccc(Oc2ccccc2)c1)Nc1nccs1. The number of carbonyl (C=O) groups is 1. The molecule has 0 atom stereocenters. The molecule has 23 heavy (non-hydrogen) atoms. The molecule has 0 aliphatic rings. The second-order valence-corrected chi connectivity index (χ2v) is 5.54. The molecule has 3 rings (SSSR count). The Morgan fingerprint density at radius 1 is 1.09 bits per heavy atom. The Labute approximate surface area is 138 Å². The van der Waals surface area contributed by atoms with Crippen LogP contribution in [0.1, 0.15) is 5.56 Å². The van der Waals surface area contributed by atoms with Crippen molar-refractivity contribution < 1.29 is 9.53 Å². The van der Waals surface area contributed by atoms with Crippen molar-refractivity contribution in [3.05, 3.63) is 77.8 Å². The van der Waals surface area contributed by atoms with E-state index in [-0.39, 0.29) is 5.91 Å². The van der Waals surface area contributed by atoms with Crippen molar-refractivity contribution in [2.75, 3.05) is 5.32 Å². The van der Waals surface area contributed by atoms with E-state index in [1.165, 1.54) is 17.4 Å². The van der Waals surface area contributed by atoms with Gasteiger partial charge in [0.1, 0.15) is 11.5 Å². The van der Waals surface area contributed by atoms with Crippen LogP contribution in [0.3, 0.4) is 0 Å². The molecule has 2 aromatic carbocycles. The lowest BCUT2D eigenvalue weighted by Crippen LogP contribution is -2.06. The van der Waals surface area contributed by atoms with E-state index in [2.05, 4.69) is 10.3 Å². The van der Waals surface area contributed by atoms with E-state index in [0.29, 0.717) is 5.13 Å². The van der Waals surface area contributed by atoms with Gasteiger partial charge >= 0.3 is 0 Å². The number of carbonyl (C=O) groups excluding carboxylic acids is 1. The van der Waals surface area contributed by atoms with Gasteiger partial charge in [0.15, 0.2) is 5.13 Å². The summed E-state index contributed by atoms with van der Waals surface area (Å²) in [7, 11) is 0. The number of nitrogens with one attached hydrogen (secondary N) is 1. The zero-order valence-corrected chi connectivity index (χ0v) is 13.0. The van der Waals surface area contributed by atoms with Crippen LogP contribution in [0.4, 0.5) is 5.13 Å². The lowest BCUT2D eigenvalue weighted by molar-refractivity contribution is -0.111. The van der Waals surface area contributed by atoms with Gasteiger partial charge in [0, 0.05) is 17.7 Å². The minimum atomic E-state index is -0.214. The van der Waals surface area contributed by atoms with E-state index in [0.717, 1.165) is 17.1 Å². The van der Waals surface area contributed by atoms with Crippen LogP contribution in [0.2, 0.25) is 0 Å². The zero-order valence-electron chi connectivity index (χ0n) is 12.2. The van der Waals surface area contributed by atoms with Gasteiger partial charge in [0.2, 0.25) is 5.91 Å². The van der Waals surface area contributed by atoms with Crippen LogP contribution >= 0.6 is 11.3 Å². The quantitative estimate of drug-likeness (QED) is 0.699.